The van der Waals surface area contributed by atoms with Gasteiger partial charge in [-0.15, -0.1) is 0 Å². The van der Waals surface area contributed by atoms with E-state index in [1.54, 1.807) is 25.9 Å². The minimum atomic E-state index is -0.462. The number of nitrogens with zero attached hydrogens (tertiary/aromatic N) is 3. The Morgan fingerprint density at radius 3 is 2.04 bits per heavy atom. The van der Waals surface area contributed by atoms with E-state index in [2.05, 4.69) is 10.2 Å². The smallest absolute Gasteiger partial charge is 0.225 e. The molecule has 1 aliphatic rings. The number of rotatable bonds is 5. The number of allylic oxidation sites excluding steroid dienone is 2. The van der Waals surface area contributed by atoms with E-state index >= 15 is 0 Å². The van der Waals surface area contributed by atoms with Crippen molar-refractivity contribution in [2.24, 2.45) is 27.5 Å². The first-order valence-electron chi connectivity index (χ1n) is 9.43. The Balaban J connectivity index is 0. The van der Waals surface area contributed by atoms with Crippen molar-refractivity contribution in [2.45, 2.75) is 74.3 Å². The summed E-state index contributed by atoms with van der Waals surface area (Å²) in [6, 6.07) is 0. The second-order valence-corrected chi connectivity index (χ2v) is 7.44. The fourth-order valence-corrected chi connectivity index (χ4v) is 2.06. The van der Waals surface area contributed by atoms with Crippen molar-refractivity contribution in [3.05, 3.63) is 11.8 Å². The molecule has 0 unspecified atom stereocenters. The Morgan fingerprint density at radius 1 is 1.28 bits per heavy atom. The standard InChI is InChI=1S/C11H23NO2.C7H12N2.C2H6/c1-8(13)7-12(6)10(14)9(2)11(3,4)5;1-3-7(9-8-2)6-4-5-6;1-2/h8-9,13H,7H2,1-6H3;3,6H,4-5H2,1-2H3;1-2H3/b;7-3-,9-8?;/t8-,9-;;/m1../s1. The van der Waals surface area contributed by atoms with E-state index in [-0.39, 0.29) is 17.2 Å². The number of hydrogen-bond donors (Lipinski definition) is 1. The lowest BCUT2D eigenvalue weighted by atomic mass is 9.81. The monoisotopic (exact) mass is 355 g/mol. The molecule has 25 heavy (non-hydrogen) atoms. The third-order valence-electron chi connectivity index (χ3n) is 4.09. The summed E-state index contributed by atoms with van der Waals surface area (Å²) in [4.78, 5) is 13.4. The van der Waals surface area contributed by atoms with Crippen molar-refractivity contribution < 1.29 is 9.90 Å². The van der Waals surface area contributed by atoms with Gasteiger partial charge in [-0.2, -0.15) is 10.2 Å². The predicted octanol–water partition coefficient (Wildman–Crippen LogP) is 4.92. The SMILES string of the molecule is C/C=C(\N=NC)C1CC1.CC.C[C@H](C(=O)N(C)C[C@@H](C)O)C(C)(C)C. The summed E-state index contributed by atoms with van der Waals surface area (Å²) in [5.41, 5.74) is 1.14. The highest BCUT2D eigenvalue weighted by Gasteiger charge is 2.29. The summed E-state index contributed by atoms with van der Waals surface area (Å²) < 4.78 is 0. The molecule has 5 nitrogen and oxygen atoms in total. The van der Waals surface area contributed by atoms with Crippen LogP contribution in [-0.4, -0.2) is 42.7 Å². The molecule has 0 spiro atoms. The highest BCUT2D eigenvalue weighted by molar-refractivity contribution is 5.78. The van der Waals surface area contributed by atoms with Crippen molar-refractivity contribution in [2.75, 3.05) is 20.6 Å². The van der Waals surface area contributed by atoms with Gasteiger partial charge in [-0.1, -0.05) is 47.6 Å². The van der Waals surface area contributed by atoms with Crippen LogP contribution in [0.25, 0.3) is 0 Å². The van der Waals surface area contributed by atoms with E-state index in [0.29, 0.717) is 6.54 Å². The first kappa shape index (κ1) is 26.0. The molecule has 1 amide bonds. The molecule has 0 aliphatic heterocycles. The van der Waals surface area contributed by atoms with Crippen LogP contribution in [0.1, 0.15) is 68.2 Å². The fraction of sp³-hybridized carbons (Fsp3) is 0.850. The number of aliphatic hydroxyl groups excluding tert-OH is 1. The molecular weight excluding hydrogens is 314 g/mol. The molecule has 5 heteroatoms. The van der Waals surface area contributed by atoms with E-state index in [0.717, 1.165) is 11.6 Å². The minimum Gasteiger partial charge on any atom is -0.392 e. The van der Waals surface area contributed by atoms with Gasteiger partial charge in [-0.05, 0) is 32.1 Å². The summed E-state index contributed by atoms with van der Waals surface area (Å²) in [6.45, 7) is 16.2. The maximum Gasteiger partial charge on any atom is 0.225 e. The molecule has 1 aliphatic carbocycles. The van der Waals surface area contributed by atoms with Crippen LogP contribution < -0.4 is 0 Å². The quantitative estimate of drug-likeness (QED) is 0.712. The molecule has 0 bridgehead atoms. The van der Waals surface area contributed by atoms with Gasteiger partial charge in [-0.25, -0.2) is 0 Å². The molecule has 0 saturated heterocycles. The number of hydrogen-bond acceptors (Lipinski definition) is 4. The van der Waals surface area contributed by atoms with Gasteiger partial charge in [0.05, 0.1) is 11.8 Å². The molecular formula is C20H41N3O2. The van der Waals surface area contributed by atoms with E-state index in [4.69, 9.17) is 5.11 Å². The van der Waals surface area contributed by atoms with Crippen LogP contribution in [0.2, 0.25) is 0 Å². The molecule has 0 radical (unpaired) electrons. The second-order valence-electron chi connectivity index (χ2n) is 7.44. The molecule has 0 aromatic heterocycles. The van der Waals surface area contributed by atoms with Gasteiger partial charge in [0.1, 0.15) is 0 Å². The van der Waals surface area contributed by atoms with Crippen LogP contribution >= 0.6 is 0 Å². The predicted molar refractivity (Wildman–Crippen MR) is 107 cm³/mol. The van der Waals surface area contributed by atoms with Crippen LogP contribution in [0.5, 0.6) is 0 Å². The molecule has 1 fully saturated rings. The van der Waals surface area contributed by atoms with Gasteiger partial charge in [0.25, 0.3) is 0 Å². The summed E-state index contributed by atoms with van der Waals surface area (Å²) >= 11 is 0. The van der Waals surface area contributed by atoms with Crippen molar-refractivity contribution >= 4 is 5.91 Å². The first-order chi connectivity index (χ1) is 11.5. The van der Waals surface area contributed by atoms with E-state index < -0.39 is 6.10 Å². The van der Waals surface area contributed by atoms with Crippen LogP contribution in [0, 0.1) is 17.3 Å². The lowest BCUT2D eigenvalue weighted by Crippen LogP contribution is -2.40. The number of likely N-dealkylation sites (N-methyl/N-ethyl adjacent to an activating group) is 1. The van der Waals surface area contributed by atoms with Crippen molar-refractivity contribution in [3.8, 4) is 0 Å². The Hall–Kier alpha value is -1.23. The van der Waals surface area contributed by atoms with Crippen LogP contribution in [0.3, 0.4) is 0 Å². The van der Waals surface area contributed by atoms with Crippen molar-refractivity contribution in [3.63, 3.8) is 0 Å². The maximum absolute atomic E-state index is 11.8. The second kappa shape index (κ2) is 13.0. The first-order valence-corrected chi connectivity index (χ1v) is 9.43. The largest absolute Gasteiger partial charge is 0.392 e. The normalized spacial score (nSPS) is 17.0. The highest BCUT2D eigenvalue weighted by Crippen LogP contribution is 2.36. The average Bonchev–Trinajstić information content (AvgIpc) is 3.37. The summed E-state index contributed by atoms with van der Waals surface area (Å²) in [6.07, 6.45) is 4.19. The third kappa shape index (κ3) is 11.9. The fourth-order valence-electron chi connectivity index (χ4n) is 2.06. The number of aliphatic hydroxyl groups is 1. The summed E-state index contributed by atoms with van der Waals surface area (Å²) in [5.74, 6) is 0.809. The molecule has 1 rings (SSSR count). The Labute approximate surface area is 155 Å². The topological polar surface area (TPSA) is 65.3 Å². The van der Waals surface area contributed by atoms with Crippen molar-refractivity contribution in [1.29, 1.82) is 0 Å². The van der Waals surface area contributed by atoms with Gasteiger partial charge in [0, 0.05) is 32.5 Å². The molecule has 1 saturated carbocycles. The molecule has 2 atom stereocenters. The summed E-state index contributed by atoms with van der Waals surface area (Å²) in [7, 11) is 3.45. The third-order valence-corrected chi connectivity index (χ3v) is 4.09. The molecule has 0 aromatic rings. The maximum atomic E-state index is 11.8. The Bertz CT molecular complexity index is 419. The molecule has 0 aromatic carbocycles. The zero-order chi connectivity index (χ0) is 20.2. The minimum absolute atomic E-state index is 0.0220. The van der Waals surface area contributed by atoms with Crippen LogP contribution in [0.15, 0.2) is 22.0 Å². The number of carbonyl (C=O) groups excluding carboxylic acids is 1. The van der Waals surface area contributed by atoms with Gasteiger partial charge in [-0.3, -0.25) is 4.79 Å². The summed E-state index contributed by atoms with van der Waals surface area (Å²) in [5, 5.41) is 16.9. The van der Waals surface area contributed by atoms with Gasteiger partial charge < -0.3 is 10.0 Å². The highest BCUT2D eigenvalue weighted by atomic mass is 16.3. The van der Waals surface area contributed by atoms with Crippen LogP contribution in [-0.2, 0) is 4.79 Å². The molecule has 148 valence electrons. The average molecular weight is 356 g/mol. The molecule has 1 N–H and O–H groups in total. The Morgan fingerprint density at radius 2 is 1.76 bits per heavy atom. The zero-order valence-electron chi connectivity index (χ0n) is 18.1. The number of carbonyl (C=O) groups is 1. The number of azo groups is 1. The van der Waals surface area contributed by atoms with Gasteiger partial charge in [0.15, 0.2) is 0 Å². The lowest BCUT2D eigenvalue weighted by molar-refractivity contribution is -0.138. The van der Waals surface area contributed by atoms with E-state index in [9.17, 15) is 4.79 Å². The lowest BCUT2D eigenvalue weighted by Gasteiger charge is -2.30. The Kier molecular flexibility index (Phi) is 13.6. The van der Waals surface area contributed by atoms with E-state index in [1.165, 1.54) is 12.8 Å². The van der Waals surface area contributed by atoms with Gasteiger partial charge >= 0.3 is 0 Å². The van der Waals surface area contributed by atoms with Crippen molar-refractivity contribution in [1.82, 2.24) is 4.90 Å². The van der Waals surface area contributed by atoms with Gasteiger partial charge in [0.2, 0.25) is 5.91 Å². The zero-order valence-corrected chi connectivity index (χ0v) is 18.1. The molecule has 0 heterocycles. The van der Waals surface area contributed by atoms with E-state index in [1.807, 2.05) is 54.5 Å². The number of amides is 1. The van der Waals surface area contributed by atoms with Crippen LogP contribution in [0.4, 0.5) is 0 Å².